The summed E-state index contributed by atoms with van der Waals surface area (Å²) in [5.74, 6) is 0.0413. The third kappa shape index (κ3) is 4.26. The van der Waals surface area contributed by atoms with Gasteiger partial charge in [-0.05, 0) is 42.7 Å². The molecule has 2 aromatic heterocycles. The molecule has 1 amide bonds. The van der Waals surface area contributed by atoms with Gasteiger partial charge < -0.3 is 9.32 Å². The van der Waals surface area contributed by atoms with Crippen molar-refractivity contribution in [1.29, 1.82) is 0 Å². The molecule has 0 saturated heterocycles. The summed E-state index contributed by atoms with van der Waals surface area (Å²) in [6.45, 7) is 1.24. The Kier molecular flexibility index (Phi) is 5.30. The van der Waals surface area contributed by atoms with Crippen LogP contribution in [-0.4, -0.2) is 22.3 Å². The van der Waals surface area contributed by atoms with E-state index in [-0.39, 0.29) is 5.91 Å². The summed E-state index contributed by atoms with van der Waals surface area (Å²) in [5, 5.41) is 0. The maximum absolute atomic E-state index is 13.2. The second-order valence-corrected chi connectivity index (χ2v) is 7.37. The number of hydrogen-bond acceptors (Lipinski definition) is 4. The number of amides is 1. The molecule has 0 bridgehead atoms. The smallest absolute Gasteiger partial charge is 0.254 e. The van der Waals surface area contributed by atoms with Gasteiger partial charge in [-0.3, -0.25) is 4.79 Å². The standard InChI is InChI=1S/C22H20N2O2S/c25-22(19-8-9-20-21(13-19)27-16-23-20)24(14-18-10-12-26-15-18)11-4-7-17-5-2-1-3-6-17/h1-3,5-6,8-10,12-13,15-16H,4,7,11,14H2. The van der Waals surface area contributed by atoms with Crippen molar-refractivity contribution >= 4 is 27.5 Å². The van der Waals surface area contributed by atoms with Crippen molar-refractivity contribution in [2.45, 2.75) is 19.4 Å². The number of rotatable bonds is 7. The first-order chi connectivity index (χ1) is 13.3. The molecular formula is C22H20N2O2S. The third-order valence-electron chi connectivity index (χ3n) is 4.56. The minimum absolute atomic E-state index is 0.0413. The SMILES string of the molecule is O=C(c1ccc2ncsc2c1)N(CCCc1ccccc1)Cc1ccoc1. The average Bonchev–Trinajstić information content (AvgIpc) is 3.38. The summed E-state index contributed by atoms with van der Waals surface area (Å²) in [5.41, 5.74) is 5.74. The Morgan fingerprint density at radius 2 is 1.96 bits per heavy atom. The second-order valence-electron chi connectivity index (χ2n) is 6.48. The van der Waals surface area contributed by atoms with Crippen LogP contribution in [-0.2, 0) is 13.0 Å². The van der Waals surface area contributed by atoms with Crippen LogP contribution in [0.4, 0.5) is 0 Å². The van der Waals surface area contributed by atoms with E-state index in [2.05, 4.69) is 17.1 Å². The van der Waals surface area contributed by atoms with E-state index in [4.69, 9.17) is 4.42 Å². The average molecular weight is 376 g/mol. The summed E-state index contributed by atoms with van der Waals surface area (Å²) >= 11 is 1.55. The molecule has 2 aromatic carbocycles. The van der Waals surface area contributed by atoms with Gasteiger partial charge in [0.25, 0.3) is 5.91 Å². The molecule has 4 rings (SSSR count). The molecule has 0 fully saturated rings. The van der Waals surface area contributed by atoms with E-state index < -0.39 is 0 Å². The number of thiazole rings is 1. The van der Waals surface area contributed by atoms with Crippen LogP contribution in [0, 0.1) is 0 Å². The van der Waals surface area contributed by atoms with Crippen molar-refractivity contribution < 1.29 is 9.21 Å². The fourth-order valence-electron chi connectivity index (χ4n) is 3.14. The number of aryl methyl sites for hydroxylation is 1. The normalized spacial score (nSPS) is 11.0. The molecule has 27 heavy (non-hydrogen) atoms. The molecule has 0 radical (unpaired) electrons. The summed E-state index contributed by atoms with van der Waals surface area (Å²) in [6, 6.07) is 18.0. The van der Waals surface area contributed by atoms with Crippen LogP contribution in [0.25, 0.3) is 10.2 Å². The van der Waals surface area contributed by atoms with E-state index in [0.29, 0.717) is 18.7 Å². The van der Waals surface area contributed by atoms with Crippen molar-refractivity contribution in [2.75, 3.05) is 6.54 Å². The highest BCUT2D eigenvalue weighted by molar-refractivity contribution is 7.16. The Labute approximate surface area is 162 Å². The van der Waals surface area contributed by atoms with Gasteiger partial charge in [0.15, 0.2) is 0 Å². The Morgan fingerprint density at radius 3 is 2.78 bits per heavy atom. The molecule has 0 aliphatic heterocycles. The van der Waals surface area contributed by atoms with E-state index in [0.717, 1.165) is 28.6 Å². The zero-order chi connectivity index (χ0) is 18.5. The van der Waals surface area contributed by atoms with E-state index in [1.165, 1.54) is 5.56 Å². The molecule has 0 aliphatic carbocycles. The second kappa shape index (κ2) is 8.18. The summed E-state index contributed by atoms with van der Waals surface area (Å²) < 4.78 is 6.21. The first kappa shape index (κ1) is 17.5. The van der Waals surface area contributed by atoms with Gasteiger partial charge in [0, 0.05) is 24.2 Å². The highest BCUT2D eigenvalue weighted by atomic mass is 32.1. The van der Waals surface area contributed by atoms with Gasteiger partial charge in [-0.1, -0.05) is 30.3 Å². The van der Waals surface area contributed by atoms with E-state index in [1.54, 1.807) is 23.9 Å². The van der Waals surface area contributed by atoms with Crippen LogP contribution < -0.4 is 0 Å². The molecule has 0 aliphatic rings. The fourth-order valence-corrected chi connectivity index (χ4v) is 3.86. The van der Waals surface area contributed by atoms with Crippen molar-refractivity contribution in [3.63, 3.8) is 0 Å². The molecule has 5 heteroatoms. The minimum atomic E-state index is 0.0413. The van der Waals surface area contributed by atoms with Crippen molar-refractivity contribution in [2.24, 2.45) is 0 Å². The first-order valence-electron chi connectivity index (χ1n) is 8.97. The molecule has 0 N–H and O–H groups in total. The number of furan rings is 1. The Morgan fingerprint density at radius 1 is 1.07 bits per heavy atom. The number of carbonyl (C=O) groups excluding carboxylic acids is 1. The summed E-state index contributed by atoms with van der Waals surface area (Å²) in [6.07, 6.45) is 5.20. The van der Waals surface area contributed by atoms with Crippen molar-refractivity contribution in [3.8, 4) is 0 Å². The Hall–Kier alpha value is -2.92. The summed E-state index contributed by atoms with van der Waals surface area (Å²) in [7, 11) is 0. The van der Waals surface area contributed by atoms with Gasteiger partial charge >= 0.3 is 0 Å². The van der Waals surface area contributed by atoms with Gasteiger partial charge in [0.05, 0.1) is 28.3 Å². The largest absolute Gasteiger partial charge is 0.472 e. The maximum Gasteiger partial charge on any atom is 0.254 e. The molecule has 4 aromatic rings. The molecule has 0 spiro atoms. The third-order valence-corrected chi connectivity index (χ3v) is 5.35. The molecular weight excluding hydrogens is 356 g/mol. The monoisotopic (exact) mass is 376 g/mol. The van der Waals surface area contributed by atoms with Crippen molar-refractivity contribution in [1.82, 2.24) is 9.88 Å². The number of aromatic nitrogens is 1. The fraction of sp³-hybridized carbons (Fsp3) is 0.182. The van der Waals surface area contributed by atoms with E-state index in [9.17, 15) is 4.79 Å². The summed E-state index contributed by atoms with van der Waals surface area (Å²) in [4.78, 5) is 19.3. The minimum Gasteiger partial charge on any atom is -0.472 e. The zero-order valence-corrected chi connectivity index (χ0v) is 15.7. The van der Waals surface area contributed by atoms with Crippen LogP contribution in [0.3, 0.4) is 0 Å². The first-order valence-corrected chi connectivity index (χ1v) is 9.85. The Bertz CT molecular complexity index is 1010. The number of hydrogen-bond donors (Lipinski definition) is 0. The van der Waals surface area contributed by atoms with Crippen LogP contribution in [0.15, 0.2) is 77.1 Å². The lowest BCUT2D eigenvalue weighted by Gasteiger charge is -2.22. The predicted octanol–water partition coefficient (Wildman–Crippen LogP) is 5.16. The van der Waals surface area contributed by atoms with Gasteiger partial charge in [-0.15, -0.1) is 11.3 Å². The molecule has 136 valence electrons. The Balaban J connectivity index is 1.50. The quantitative estimate of drug-likeness (QED) is 0.447. The number of nitrogens with zero attached hydrogens (tertiary/aromatic N) is 2. The molecule has 2 heterocycles. The van der Waals surface area contributed by atoms with Gasteiger partial charge in [-0.25, -0.2) is 4.98 Å². The molecule has 0 saturated carbocycles. The van der Waals surface area contributed by atoms with Gasteiger partial charge in [0.2, 0.25) is 0 Å². The zero-order valence-electron chi connectivity index (χ0n) is 14.9. The topological polar surface area (TPSA) is 46.3 Å². The van der Waals surface area contributed by atoms with Gasteiger partial charge in [-0.2, -0.15) is 0 Å². The lowest BCUT2D eigenvalue weighted by molar-refractivity contribution is 0.0741. The highest BCUT2D eigenvalue weighted by Gasteiger charge is 2.17. The van der Waals surface area contributed by atoms with E-state index in [1.807, 2.05) is 52.9 Å². The van der Waals surface area contributed by atoms with E-state index >= 15 is 0 Å². The number of fused-ring (bicyclic) bond motifs is 1. The maximum atomic E-state index is 13.2. The van der Waals surface area contributed by atoms with Crippen LogP contribution in [0.2, 0.25) is 0 Å². The number of benzene rings is 2. The lowest BCUT2D eigenvalue weighted by atomic mass is 10.1. The van der Waals surface area contributed by atoms with Crippen molar-refractivity contribution in [3.05, 3.63) is 89.3 Å². The highest BCUT2D eigenvalue weighted by Crippen LogP contribution is 2.21. The molecule has 4 nitrogen and oxygen atoms in total. The van der Waals surface area contributed by atoms with Crippen LogP contribution in [0.5, 0.6) is 0 Å². The van der Waals surface area contributed by atoms with Crippen LogP contribution >= 0.6 is 11.3 Å². The lowest BCUT2D eigenvalue weighted by Crippen LogP contribution is -2.31. The van der Waals surface area contributed by atoms with Crippen LogP contribution in [0.1, 0.15) is 27.9 Å². The molecule has 0 atom stereocenters. The number of carbonyl (C=O) groups is 1. The predicted molar refractivity (Wildman–Crippen MR) is 108 cm³/mol. The van der Waals surface area contributed by atoms with Gasteiger partial charge in [0.1, 0.15) is 0 Å². The molecule has 0 unspecified atom stereocenters.